The predicted molar refractivity (Wildman–Crippen MR) is 136 cm³/mol. The molecule has 3 N–H and O–H groups in total. The van der Waals surface area contributed by atoms with E-state index in [1.165, 1.54) is 5.56 Å². The molecule has 0 radical (unpaired) electrons. The second kappa shape index (κ2) is 12.5. The Kier molecular flexibility index (Phi) is 10.3. The Morgan fingerprint density at radius 3 is 2.48 bits per heavy atom. The van der Waals surface area contributed by atoms with Gasteiger partial charge in [0, 0.05) is 44.8 Å². The molecule has 1 aromatic rings. The molecule has 1 aliphatic carbocycles. The van der Waals surface area contributed by atoms with Gasteiger partial charge in [0.1, 0.15) is 5.75 Å². The van der Waals surface area contributed by atoms with Gasteiger partial charge in [0.05, 0.1) is 0 Å². The van der Waals surface area contributed by atoms with Crippen molar-refractivity contribution >= 4 is 35.8 Å². The maximum atomic E-state index is 11.7. The first-order valence-electron chi connectivity index (χ1n) is 11.2. The van der Waals surface area contributed by atoms with E-state index in [9.17, 15) is 4.79 Å². The van der Waals surface area contributed by atoms with Crippen LogP contribution in [0.3, 0.4) is 0 Å². The lowest BCUT2D eigenvalue weighted by molar-refractivity contribution is -0.123. The molecule has 8 heteroatoms. The SMILES string of the molecule is CN=C(NCCc1ccc(OCC(=O)NC2CC2)cc1)NC1CN(C(C)C)CC1C.I. The van der Waals surface area contributed by atoms with Gasteiger partial charge in [-0.05, 0) is 56.7 Å². The predicted octanol–water partition coefficient (Wildman–Crippen LogP) is 2.40. The van der Waals surface area contributed by atoms with Gasteiger partial charge >= 0.3 is 0 Å². The number of hydrogen-bond acceptors (Lipinski definition) is 4. The van der Waals surface area contributed by atoms with Crippen LogP contribution >= 0.6 is 24.0 Å². The molecule has 1 aromatic carbocycles. The molecule has 2 unspecified atom stereocenters. The first kappa shape index (κ1) is 25.7. The number of amides is 1. The Balaban J connectivity index is 0.00000341. The van der Waals surface area contributed by atoms with Gasteiger partial charge in [-0.2, -0.15) is 0 Å². The van der Waals surface area contributed by atoms with Gasteiger partial charge in [0.25, 0.3) is 5.91 Å². The molecule has 0 spiro atoms. The van der Waals surface area contributed by atoms with E-state index in [0.717, 1.165) is 50.6 Å². The third kappa shape index (κ3) is 8.48. The molecule has 1 saturated carbocycles. The minimum absolute atomic E-state index is 0. The molecule has 7 nitrogen and oxygen atoms in total. The van der Waals surface area contributed by atoms with Crippen molar-refractivity contribution in [3.8, 4) is 5.75 Å². The van der Waals surface area contributed by atoms with Crippen LogP contribution < -0.4 is 20.7 Å². The Morgan fingerprint density at radius 2 is 1.90 bits per heavy atom. The van der Waals surface area contributed by atoms with Gasteiger partial charge in [0.15, 0.2) is 12.6 Å². The van der Waals surface area contributed by atoms with Crippen molar-refractivity contribution in [3.05, 3.63) is 29.8 Å². The van der Waals surface area contributed by atoms with Crippen molar-refractivity contribution < 1.29 is 9.53 Å². The summed E-state index contributed by atoms with van der Waals surface area (Å²) in [5, 5.41) is 9.93. The number of hydrogen-bond donors (Lipinski definition) is 3. The minimum atomic E-state index is -0.0437. The zero-order valence-corrected chi connectivity index (χ0v) is 21.5. The lowest BCUT2D eigenvalue weighted by Gasteiger charge is -2.22. The molecule has 1 saturated heterocycles. The lowest BCUT2D eigenvalue weighted by Crippen LogP contribution is -2.47. The van der Waals surface area contributed by atoms with Crippen LogP contribution in [-0.4, -0.2) is 68.2 Å². The lowest BCUT2D eigenvalue weighted by atomic mass is 10.1. The van der Waals surface area contributed by atoms with E-state index in [-0.39, 0.29) is 36.5 Å². The highest BCUT2D eigenvalue weighted by Gasteiger charge is 2.31. The quantitative estimate of drug-likeness (QED) is 0.254. The van der Waals surface area contributed by atoms with Gasteiger partial charge < -0.3 is 20.7 Å². The van der Waals surface area contributed by atoms with E-state index in [0.29, 0.717) is 24.0 Å². The van der Waals surface area contributed by atoms with E-state index >= 15 is 0 Å². The molecule has 1 aliphatic heterocycles. The molecule has 2 atom stereocenters. The molecule has 1 amide bonds. The Morgan fingerprint density at radius 1 is 1.19 bits per heavy atom. The topological polar surface area (TPSA) is 78.0 Å². The van der Waals surface area contributed by atoms with Crippen LogP contribution in [0.15, 0.2) is 29.3 Å². The highest BCUT2D eigenvalue weighted by Crippen LogP contribution is 2.19. The summed E-state index contributed by atoms with van der Waals surface area (Å²) in [6.07, 6.45) is 3.07. The first-order valence-corrected chi connectivity index (χ1v) is 11.2. The van der Waals surface area contributed by atoms with Gasteiger partial charge in [-0.3, -0.25) is 14.7 Å². The van der Waals surface area contributed by atoms with Crippen LogP contribution in [0.4, 0.5) is 0 Å². The molecule has 0 bridgehead atoms. The zero-order chi connectivity index (χ0) is 21.5. The molecule has 31 heavy (non-hydrogen) atoms. The van der Waals surface area contributed by atoms with E-state index in [4.69, 9.17) is 4.74 Å². The number of benzene rings is 1. The largest absolute Gasteiger partial charge is 0.484 e. The Bertz CT molecular complexity index is 721. The van der Waals surface area contributed by atoms with Crippen molar-refractivity contribution in [1.29, 1.82) is 0 Å². The number of nitrogens with one attached hydrogen (secondary N) is 3. The molecule has 2 fully saturated rings. The van der Waals surface area contributed by atoms with Crippen molar-refractivity contribution in [2.45, 2.75) is 58.2 Å². The third-order valence-corrected chi connectivity index (χ3v) is 5.86. The maximum Gasteiger partial charge on any atom is 0.258 e. The minimum Gasteiger partial charge on any atom is -0.484 e. The molecule has 1 heterocycles. The zero-order valence-electron chi connectivity index (χ0n) is 19.2. The van der Waals surface area contributed by atoms with Crippen LogP contribution in [-0.2, 0) is 11.2 Å². The highest BCUT2D eigenvalue weighted by atomic mass is 127. The number of guanidine groups is 1. The average molecular weight is 543 g/mol. The monoisotopic (exact) mass is 543 g/mol. The van der Waals surface area contributed by atoms with Gasteiger partial charge in [-0.15, -0.1) is 24.0 Å². The number of likely N-dealkylation sites (tertiary alicyclic amines) is 1. The van der Waals surface area contributed by atoms with Gasteiger partial charge in [-0.1, -0.05) is 19.1 Å². The fourth-order valence-corrected chi connectivity index (χ4v) is 3.71. The van der Waals surface area contributed by atoms with Crippen molar-refractivity contribution in [2.75, 3.05) is 33.3 Å². The number of carbonyl (C=O) groups is 1. The van der Waals surface area contributed by atoms with Crippen LogP contribution in [0.1, 0.15) is 39.2 Å². The molecule has 2 aliphatic rings. The van der Waals surface area contributed by atoms with Gasteiger partial charge in [-0.25, -0.2) is 0 Å². The number of carbonyl (C=O) groups excluding carboxylic acids is 1. The maximum absolute atomic E-state index is 11.7. The van der Waals surface area contributed by atoms with Crippen LogP contribution in [0.2, 0.25) is 0 Å². The molecule has 3 rings (SSSR count). The summed E-state index contributed by atoms with van der Waals surface area (Å²) in [7, 11) is 1.82. The van der Waals surface area contributed by atoms with E-state index < -0.39 is 0 Å². The number of rotatable bonds is 9. The molecule has 0 aromatic heterocycles. The van der Waals surface area contributed by atoms with Crippen LogP contribution in [0.25, 0.3) is 0 Å². The number of ether oxygens (including phenoxy) is 1. The molecular weight excluding hydrogens is 505 g/mol. The number of nitrogens with zero attached hydrogens (tertiary/aromatic N) is 2. The van der Waals surface area contributed by atoms with Gasteiger partial charge in [0.2, 0.25) is 0 Å². The van der Waals surface area contributed by atoms with E-state index in [2.05, 4.69) is 46.6 Å². The second-order valence-electron chi connectivity index (χ2n) is 8.80. The third-order valence-electron chi connectivity index (χ3n) is 5.86. The summed E-state index contributed by atoms with van der Waals surface area (Å²) in [5.41, 5.74) is 1.22. The first-order chi connectivity index (χ1) is 14.4. The molecular formula is C23H38IN5O2. The van der Waals surface area contributed by atoms with E-state index in [1.54, 1.807) is 0 Å². The van der Waals surface area contributed by atoms with E-state index in [1.807, 2.05) is 31.3 Å². The number of halogens is 1. The standard InChI is InChI=1S/C23H37N5O2.HI/c1-16(2)28-13-17(3)21(14-28)27-23(24-4)25-12-11-18-5-9-20(10-6-18)30-15-22(29)26-19-7-8-19;/h5-6,9-10,16-17,19,21H,7-8,11-15H2,1-4H3,(H,26,29)(H2,24,25,27);1H. The summed E-state index contributed by atoms with van der Waals surface area (Å²) < 4.78 is 5.56. The Labute approximate surface area is 203 Å². The highest BCUT2D eigenvalue weighted by molar-refractivity contribution is 14.0. The van der Waals surface area contributed by atoms with Crippen LogP contribution in [0.5, 0.6) is 5.75 Å². The van der Waals surface area contributed by atoms with Crippen molar-refractivity contribution in [2.24, 2.45) is 10.9 Å². The average Bonchev–Trinajstić information content (AvgIpc) is 3.46. The summed E-state index contributed by atoms with van der Waals surface area (Å²) in [6, 6.07) is 9.31. The second-order valence-corrected chi connectivity index (χ2v) is 8.80. The summed E-state index contributed by atoms with van der Waals surface area (Å²) in [4.78, 5) is 18.6. The molecule has 174 valence electrons. The summed E-state index contributed by atoms with van der Waals surface area (Å²) >= 11 is 0. The van der Waals surface area contributed by atoms with Crippen molar-refractivity contribution in [1.82, 2.24) is 20.9 Å². The normalized spacial score (nSPS) is 21.5. The summed E-state index contributed by atoms with van der Waals surface area (Å²) in [5.74, 6) is 2.14. The summed E-state index contributed by atoms with van der Waals surface area (Å²) in [6.45, 7) is 9.87. The Hall–Kier alpha value is -1.55. The number of aliphatic imine (C=N–C) groups is 1. The van der Waals surface area contributed by atoms with Crippen LogP contribution in [0, 0.1) is 5.92 Å². The fraction of sp³-hybridized carbons (Fsp3) is 0.652. The van der Waals surface area contributed by atoms with Crippen molar-refractivity contribution in [3.63, 3.8) is 0 Å². The smallest absolute Gasteiger partial charge is 0.258 e. The fourth-order valence-electron chi connectivity index (χ4n) is 3.71.